The van der Waals surface area contributed by atoms with Gasteiger partial charge in [-0.25, -0.2) is 9.37 Å². The van der Waals surface area contributed by atoms with Crippen LogP contribution in [0, 0.1) is 5.82 Å². The Hall–Kier alpha value is -1.68. The Morgan fingerprint density at radius 1 is 1.47 bits per heavy atom. The van der Waals surface area contributed by atoms with Crippen LogP contribution in [0.4, 0.5) is 4.39 Å². The van der Waals surface area contributed by atoms with Gasteiger partial charge >= 0.3 is 0 Å². The molecule has 0 spiro atoms. The van der Waals surface area contributed by atoms with Crippen molar-refractivity contribution >= 4 is 0 Å². The smallest absolute Gasteiger partial charge is 0.137 e. The zero-order valence-corrected chi connectivity index (χ0v) is 8.42. The van der Waals surface area contributed by atoms with Crippen molar-refractivity contribution in [1.82, 2.24) is 15.3 Å². The van der Waals surface area contributed by atoms with E-state index in [1.54, 1.807) is 12.3 Å². The van der Waals surface area contributed by atoms with E-state index in [0.717, 1.165) is 17.8 Å². The molecule has 15 heavy (non-hydrogen) atoms. The second-order valence-electron chi connectivity index (χ2n) is 3.30. The number of imidazole rings is 1. The van der Waals surface area contributed by atoms with E-state index in [2.05, 4.69) is 15.3 Å². The summed E-state index contributed by atoms with van der Waals surface area (Å²) in [5.41, 5.74) is 1.74. The topological polar surface area (TPSA) is 40.7 Å². The Kier molecular flexibility index (Phi) is 2.78. The maximum absolute atomic E-state index is 13.0. The van der Waals surface area contributed by atoms with Crippen molar-refractivity contribution in [3.8, 4) is 11.4 Å². The van der Waals surface area contributed by atoms with Crippen molar-refractivity contribution in [2.45, 2.75) is 6.54 Å². The summed E-state index contributed by atoms with van der Waals surface area (Å²) in [5, 5.41) is 3.01. The fourth-order valence-corrected chi connectivity index (χ4v) is 1.42. The first-order valence-electron chi connectivity index (χ1n) is 4.74. The van der Waals surface area contributed by atoms with Gasteiger partial charge < -0.3 is 10.3 Å². The number of aromatic amines is 1. The van der Waals surface area contributed by atoms with E-state index in [9.17, 15) is 4.39 Å². The lowest BCUT2D eigenvalue weighted by atomic mass is 10.2. The fourth-order valence-electron chi connectivity index (χ4n) is 1.42. The monoisotopic (exact) mass is 205 g/mol. The molecule has 78 valence electrons. The van der Waals surface area contributed by atoms with E-state index >= 15 is 0 Å². The van der Waals surface area contributed by atoms with Crippen LogP contribution in [-0.2, 0) is 6.54 Å². The zero-order valence-electron chi connectivity index (χ0n) is 8.42. The minimum absolute atomic E-state index is 0.251. The predicted molar refractivity (Wildman–Crippen MR) is 56.7 cm³/mol. The van der Waals surface area contributed by atoms with Crippen molar-refractivity contribution in [3.05, 3.63) is 42.0 Å². The average molecular weight is 205 g/mol. The third-order valence-electron chi connectivity index (χ3n) is 2.09. The van der Waals surface area contributed by atoms with Gasteiger partial charge in [0.2, 0.25) is 0 Å². The Balaban J connectivity index is 2.29. The molecule has 0 amide bonds. The first-order chi connectivity index (χ1) is 7.29. The molecule has 3 nitrogen and oxygen atoms in total. The summed E-state index contributed by atoms with van der Waals surface area (Å²) >= 11 is 0. The highest BCUT2D eigenvalue weighted by Gasteiger charge is 2.03. The fraction of sp³-hybridized carbons (Fsp3) is 0.182. The lowest BCUT2D eigenvalue weighted by molar-refractivity contribution is 0.628. The van der Waals surface area contributed by atoms with Crippen molar-refractivity contribution in [2.24, 2.45) is 0 Å². The third kappa shape index (κ3) is 2.22. The minimum atomic E-state index is -0.251. The highest BCUT2D eigenvalue weighted by molar-refractivity contribution is 5.54. The molecule has 0 bridgehead atoms. The minimum Gasteiger partial charge on any atom is -0.341 e. The van der Waals surface area contributed by atoms with Gasteiger partial charge in [0, 0.05) is 24.0 Å². The van der Waals surface area contributed by atoms with E-state index < -0.39 is 0 Å². The van der Waals surface area contributed by atoms with Gasteiger partial charge in [0.1, 0.15) is 11.6 Å². The largest absolute Gasteiger partial charge is 0.341 e. The van der Waals surface area contributed by atoms with E-state index in [1.165, 1.54) is 12.1 Å². The molecule has 2 N–H and O–H groups in total. The number of benzene rings is 1. The van der Waals surface area contributed by atoms with Gasteiger partial charge in [-0.2, -0.15) is 0 Å². The Labute approximate surface area is 87.4 Å². The van der Waals surface area contributed by atoms with Gasteiger partial charge in [-0.15, -0.1) is 0 Å². The second-order valence-corrected chi connectivity index (χ2v) is 3.30. The average Bonchev–Trinajstić information content (AvgIpc) is 2.67. The number of H-pyrrole nitrogens is 1. The molecule has 2 aromatic rings. The Morgan fingerprint density at radius 3 is 3.07 bits per heavy atom. The molecule has 1 aromatic heterocycles. The van der Waals surface area contributed by atoms with Crippen LogP contribution in [0.2, 0.25) is 0 Å². The first-order valence-corrected chi connectivity index (χ1v) is 4.74. The van der Waals surface area contributed by atoms with Crippen LogP contribution in [-0.4, -0.2) is 17.0 Å². The standard InChI is InChI=1S/C11H12FN3/c1-13-6-10-7-14-11(15-10)8-3-2-4-9(12)5-8/h2-5,7,13H,6H2,1H3,(H,14,15). The van der Waals surface area contributed by atoms with Crippen LogP contribution in [0.3, 0.4) is 0 Å². The molecule has 4 heteroatoms. The molecule has 0 fully saturated rings. The van der Waals surface area contributed by atoms with Crippen LogP contribution in [0.5, 0.6) is 0 Å². The lowest BCUT2D eigenvalue weighted by Crippen LogP contribution is -2.04. The Morgan fingerprint density at radius 2 is 2.33 bits per heavy atom. The van der Waals surface area contributed by atoms with Gasteiger partial charge in [0.25, 0.3) is 0 Å². The molecule has 1 aromatic carbocycles. The van der Waals surface area contributed by atoms with Crippen LogP contribution in [0.1, 0.15) is 5.69 Å². The number of aromatic nitrogens is 2. The van der Waals surface area contributed by atoms with Gasteiger partial charge in [0.05, 0.1) is 0 Å². The predicted octanol–water partition coefficient (Wildman–Crippen LogP) is 1.94. The molecule has 0 atom stereocenters. The summed E-state index contributed by atoms with van der Waals surface area (Å²) in [6.45, 7) is 0.725. The van der Waals surface area contributed by atoms with E-state index in [-0.39, 0.29) is 5.82 Å². The van der Waals surface area contributed by atoms with Gasteiger partial charge in [-0.1, -0.05) is 12.1 Å². The molecule has 0 unspecified atom stereocenters. The third-order valence-corrected chi connectivity index (χ3v) is 2.09. The molecule has 0 saturated heterocycles. The van der Waals surface area contributed by atoms with Crippen molar-refractivity contribution in [2.75, 3.05) is 7.05 Å². The number of nitrogens with zero attached hydrogens (tertiary/aromatic N) is 1. The van der Waals surface area contributed by atoms with Crippen molar-refractivity contribution < 1.29 is 4.39 Å². The van der Waals surface area contributed by atoms with Crippen molar-refractivity contribution in [1.29, 1.82) is 0 Å². The zero-order chi connectivity index (χ0) is 10.7. The van der Waals surface area contributed by atoms with E-state index in [1.807, 2.05) is 13.1 Å². The number of hydrogen-bond donors (Lipinski definition) is 2. The summed E-state index contributed by atoms with van der Waals surface area (Å²) in [4.78, 5) is 7.30. The maximum Gasteiger partial charge on any atom is 0.137 e. The molecule has 2 rings (SSSR count). The molecular formula is C11H12FN3. The van der Waals surface area contributed by atoms with Gasteiger partial charge in [-0.3, -0.25) is 0 Å². The normalized spacial score (nSPS) is 10.5. The number of halogens is 1. The van der Waals surface area contributed by atoms with Crippen LogP contribution >= 0.6 is 0 Å². The van der Waals surface area contributed by atoms with Gasteiger partial charge in [-0.05, 0) is 19.2 Å². The second kappa shape index (κ2) is 4.23. The molecular weight excluding hydrogens is 193 g/mol. The van der Waals surface area contributed by atoms with Crippen LogP contribution < -0.4 is 5.32 Å². The van der Waals surface area contributed by atoms with Crippen molar-refractivity contribution in [3.63, 3.8) is 0 Å². The number of hydrogen-bond acceptors (Lipinski definition) is 2. The van der Waals surface area contributed by atoms with Gasteiger partial charge in [0.15, 0.2) is 0 Å². The highest BCUT2D eigenvalue weighted by Crippen LogP contribution is 2.16. The number of rotatable bonds is 3. The highest BCUT2D eigenvalue weighted by atomic mass is 19.1. The molecule has 0 aliphatic heterocycles. The summed E-state index contributed by atoms with van der Waals surface area (Å²) in [6, 6.07) is 6.37. The van der Waals surface area contributed by atoms with Crippen LogP contribution in [0.15, 0.2) is 30.5 Å². The summed E-state index contributed by atoms with van der Waals surface area (Å²) in [7, 11) is 1.86. The summed E-state index contributed by atoms with van der Waals surface area (Å²) in [6.07, 6.45) is 1.75. The van der Waals surface area contributed by atoms with E-state index in [4.69, 9.17) is 0 Å². The maximum atomic E-state index is 13.0. The summed E-state index contributed by atoms with van der Waals surface area (Å²) < 4.78 is 13.0. The quantitative estimate of drug-likeness (QED) is 0.803. The van der Waals surface area contributed by atoms with E-state index in [0.29, 0.717) is 5.82 Å². The lowest BCUT2D eigenvalue weighted by Gasteiger charge is -1.97. The SMILES string of the molecule is CNCc1cnc(-c2cccc(F)c2)[nH]1. The molecule has 0 aliphatic carbocycles. The summed E-state index contributed by atoms with van der Waals surface area (Å²) in [5.74, 6) is 0.443. The Bertz CT molecular complexity index is 451. The molecule has 1 heterocycles. The molecule has 0 aliphatic rings. The number of nitrogens with one attached hydrogen (secondary N) is 2. The first kappa shape index (κ1) is 9.86. The molecule has 0 saturated carbocycles. The van der Waals surface area contributed by atoms with Crippen LogP contribution in [0.25, 0.3) is 11.4 Å². The molecule has 0 radical (unpaired) electrons.